The molecule has 4 nitrogen and oxygen atoms in total. The molecule has 0 radical (unpaired) electrons. The first-order valence-electron chi connectivity index (χ1n) is 8.41. The molecule has 0 amide bonds. The fourth-order valence-corrected chi connectivity index (χ4v) is 3.81. The van der Waals surface area contributed by atoms with Crippen LogP contribution in [0.1, 0.15) is 35.0 Å². The van der Waals surface area contributed by atoms with Crippen LogP contribution in [0.3, 0.4) is 0 Å². The van der Waals surface area contributed by atoms with Crippen molar-refractivity contribution in [1.82, 2.24) is 20.2 Å². The number of aromatic nitrogens is 2. The lowest BCUT2D eigenvalue weighted by atomic mass is 10.0. The zero-order chi connectivity index (χ0) is 16.5. The van der Waals surface area contributed by atoms with Gasteiger partial charge in [0.25, 0.3) is 0 Å². The third-order valence-corrected chi connectivity index (χ3v) is 5.59. The number of nitrogens with one attached hydrogen (secondary N) is 1. The number of hydrogen-bond acceptors (Lipinski definition) is 4. The van der Waals surface area contributed by atoms with Gasteiger partial charge in [-0.1, -0.05) is 29.3 Å². The number of hydrogen-bond donors (Lipinski definition) is 1. The Labute approximate surface area is 152 Å². The van der Waals surface area contributed by atoms with Gasteiger partial charge in [0.15, 0.2) is 0 Å². The molecule has 1 fully saturated rings. The highest BCUT2D eigenvalue weighted by atomic mass is 35.5. The van der Waals surface area contributed by atoms with E-state index in [1.54, 1.807) is 0 Å². The van der Waals surface area contributed by atoms with Gasteiger partial charge in [-0.25, -0.2) is 9.97 Å². The summed E-state index contributed by atoms with van der Waals surface area (Å²) in [5.41, 5.74) is 3.65. The fourth-order valence-electron chi connectivity index (χ4n) is 3.49. The molecule has 2 aliphatic rings. The number of benzene rings is 1. The maximum absolute atomic E-state index is 6.12. The lowest BCUT2D eigenvalue weighted by Gasteiger charge is -2.28. The van der Waals surface area contributed by atoms with E-state index in [2.05, 4.69) is 15.2 Å². The van der Waals surface area contributed by atoms with E-state index in [4.69, 9.17) is 28.2 Å². The van der Waals surface area contributed by atoms with Crippen molar-refractivity contribution in [3.63, 3.8) is 0 Å². The molecule has 1 N–H and O–H groups in total. The molecule has 1 aromatic heterocycles. The van der Waals surface area contributed by atoms with E-state index < -0.39 is 0 Å². The minimum Gasteiger partial charge on any atom is -0.316 e. The van der Waals surface area contributed by atoms with Gasteiger partial charge in [0.1, 0.15) is 5.82 Å². The van der Waals surface area contributed by atoms with Crippen molar-refractivity contribution in [2.24, 2.45) is 0 Å². The summed E-state index contributed by atoms with van der Waals surface area (Å²) in [6.07, 6.45) is 4.14. The SMILES string of the molecule is Clc1ccc(CN2CCc3nc(C4CCNC4)ncc3C2)cc1Cl. The minimum absolute atomic E-state index is 0.476. The zero-order valence-electron chi connectivity index (χ0n) is 13.4. The van der Waals surface area contributed by atoms with Gasteiger partial charge in [-0.2, -0.15) is 0 Å². The molecule has 0 bridgehead atoms. The highest BCUT2D eigenvalue weighted by Gasteiger charge is 2.23. The number of halogens is 2. The van der Waals surface area contributed by atoms with E-state index in [0.717, 1.165) is 51.4 Å². The Kier molecular flexibility index (Phi) is 4.72. The van der Waals surface area contributed by atoms with E-state index in [1.165, 1.54) is 16.8 Å². The van der Waals surface area contributed by atoms with Gasteiger partial charge in [0.2, 0.25) is 0 Å². The van der Waals surface area contributed by atoms with E-state index in [9.17, 15) is 0 Å². The molecule has 1 saturated heterocycles. The van der Waals surface area contributed by atoms with Crippen LogP contribution in [-0.2, 0) is 19.5 Å². The standard InChI is InChI=1S/C18H20Cl2N4/c19-15-2-1-12(7-16(15)20)10-24-6-4-17-14(11-24)9-22-18(23-17)13-3-5-21-8-13/h1-2,7,9,13,21H,3-6,8,10-11H2. The molecule has 2 aromatic rings. The maximum atomic E-state index is 6.12. The quantitative estimate of drug-likeness (QED) is 0.907. The van der Waals surface area contributed by atoms with Gasteiger partial charge in [-0.15, -0.1) is 0 Å². The lowest BCUT2D eigenvalue weighted by Crippen LogP contribution is -2.31. The van der Waals surface area contributed by atoms with E-state index in [-0.39, 0.29) is 0 Å². The summed E-state index contributed by atoms with van der Waals surface area (Å²) < 4.78 is 0. The van der Waals surface area contributed by atoms with Crippen molar-refractivity contribution in [3.05, 3.63) is 57.1 Å². The molecule has 1 atom stereocenters. The Morgan fingerprint density at radius 1 is 1.25 bits per heavy atom. The topological polar surface area (TPSA) is 41.1 Å². The van der Waals surface area contributed by atoms with Crippen LogP contribution in [0, 0.1) is 0 Å². The third kappa shape index (κ3) is 3.42. The Hall–Kier alpha value is -1.20. The summed E-state index contributed by atoms with van der Waals surface area (Å²) in [5, 5.41) is 4.60. The van der Waals surface area contributed by atoms with Crippen LogP contribution >= 0.6 is 23.2 Å². The Bertz CT molecular complexity index is 744. The monoisotopic (exact) mass is 362 g/mol. The van der Waals surface area contributed by atoms with Crippen LogP contribution in [0.15, 0.2) is 24.4 Å². The molecule has 1 aromatic carbocycles. The Morgan fingerprint density at radius 2 is 2.17 bits per heavy atom. The second-order valence-corrected chi connectivity index (χ2v) is 7.41. The molecule has 2 aliphatic heterocycles. The normalized spacial score (nSPS) is 21.0. The molecule has 24 heavy (non-hydrogen) atoms. The van der Waals surface area contributed by atoms with Gasteiger partial charge in [-0.05, 0) is 30.7 Å². The zero-order valence-corrected chi connectivity index (χ0v) is 14.9. The molecular weight excluding hydrogens is 343 g/mol. The third-order valence-electron chi connectivity index (χ3n) is 4.85. The van der Waals surface area contributed by atoms with Crippen molar-refractivity contribution in [2.75, 3.05) is 19.6 Å². The van der Waals surface area contributed by atoms with E-state index >= 15 is 0 Å². The first kappa shape index (κ1) is 16.3. The number of nitrogens with zero attached hydrogens (tertiary/aromatic N) is 3. The predicted octanol–water partition coefficient (Wildman–Crippen LogP) is 3.42. The van der Waals surface area contributed by atoms with Crippen LogP contribution < -0.4 is 5.32 Å². The van der Waals surface area contributed by atoms with Crippen molar-refractivity contribution >= 4 is 23.2 Å². The highest BCUT2D eigenvalue weighted by Crippen LogP contribution is 2.26. The molecular formula is C18H20Cl2N4. The van der Waals surface area contributed by atoms with Crippen LogP contribution in [-0.4, -0.2) is 34.5 Å². The van der Waals surface area contributed by atoms with Crippen LogP contribution in [0.4, 0.5) is 0 Å². The lowest BCUT2D eigenvalue weighted by molar-refractivity contribution is 0.242. The molecule has 126 valence electrons. The van der Waals surface area contributed by atoms with Crippen LogP contribution in [0.2, 0.25) is 10.0 Å². The molecule has 0 saturated carbocycles. The van der Waals surface area contributed by atoms with Crippen molar-refractivity contribution < 1.29 is 0 Å². The predicted molar refractivity (Wildman–Crippen MR) is 96.5 cm³/mol. The van der Waals surface area contributed by atoms with Crippen molar-refractivity contribution in [3.8, 4) is 0 Å². The summed E-state index contributed by atoms with van der Waals surface area (Å²) >= 11 is 12.1. The Balaban J connectivity index is 1.46. The molecule has 3 heterocycles. The molecule has 6 heteroatoms. The first-order valence-corrected chi connectivity index (χ1v) is 9.16. The van der Waals surface area contributed by atoms with E-state index in [1.807, 2.05) is 24.4 Å². The van der Waals surface area contributed by atoms with Crippen LogP contribution in [0.25, 0.3) is 0 Å². The van der Waals surface area contributed by atoms with Crippen molar-refractivity contribution in [1.29, 1.82) is 0 Å². The average Bonchev–Trinajstić information content (AvgIpc) is 3.12. The maximum Gasteiger partial charge on any atom is 0.132 e. The van der Waals surface area contributed by atoms with Gasteiger partial charge in [-0.3, -0.25) is 4.90 Å². The first-order chi connectivity index (χ1) is 11.7. The second-order valence-electron chi connectivity index (χ2n) is 6.60. The van der Waals surface area contributed by atoms with Gasteiger partial charge >= 0.3 is 0 Å². The average molecular weight is 363 g/mol. The van der Waals surface area contributed by atoms with Crippen LogP contribution in [0.5, 0.6) is 0 Å². The minimum atomic E-state index is 0.476. The Morgan fingerprint density at radius 3 is 2.96 bits per heavy atom. The molecule has 1 unspecified atom stereocenters. The molecule has 0 spiro atoms. The van der Waals surface area contributed by atoms with E-state index in [0.29, 0.717) is 16.0 Å². The number of rotatable bonds is 3. The highest BCUT2D eigenvalue weighted by molar-refractivity contribution is 6.42. The van der Waals surface area contributed by atoms with Gasteiger partial charge in [0, 0.05) is 56.0 Å². The second kappa shape index (κ2) is 6.96. The number of fused-ring (bicyclic) bond motifs is 1. The van der Waals surface area contributed by atoms with Crippen molar-refractivity contribution in [2.45, 2.75) is 31.8 Å². The summed E-state index contributed by atoms with van der Waals surface area (Å²) in [6.45, 7) is 4.83. The largest absolute Gasteiger partial charge is 0.316 e. The summed E-state index contributed by atoms with van der Waals surface area (Å²) in [7, 11) is 0. The summed E-state index contributed by atoms with van der Waals surface area (Å²) in [5.74, 6) is 1.49. The van der Waals surface area contributed by atoms with Gasteiger partial charge < -0.3 is 5.32 Å². The molecule has 4 rings (SSSR count). The summed E-state index contributed by atoms with van der Waals surface area (Å²) in [6, 6.07) is 5.85. The molecule has 0 aliphatic carbocycles. The summed E-state index contributed by atoms with van der Waals surface area (Å²) in [4.78, 5) is 11.9. The van der Waals surface area contributed by atoms with Gasteiger partial charge in [0.05, 0.1) is 10.0 Å². The smallest absolute Gasteiger partial charge is 0.132 e. The fraction of sp³-hybridized carbons (Fsp3) is 0.444.